The molecule has 226 valence electrons. The van der Waals surface area contributed by atoms with Gasteiger partial charge in [0.25, 0.3) is 5.91 Å². The summed E-state index contributed by atoms with van der Waals surface area (Å²) in [4.78, 5) is 28.5. The van der Waals surface area contributed by atoms with Crippen LogP contribution in [0.3, 0.4) is 0 Å². The molecule has 0 saturated carbocycles. The van der Waals surface area contributed by atoms with Gasteiger partial charge in [-0.25, -0.2) is 14.4 Å². The second kappa shape index (κ2) is 13.7. The van der Waals surface area contributed by atoms with Gasteiger partial charge in [-0.3, -0.25) is 4.79 Å². The van der Waals surface area contributed by atoms with Gasteiger partial charge in [0.1, 0.15) is 30.4 Å². The predicted octanol–water partition coefficient (Wildman–Crippen LogP) is 2.44. The third-order valence-electron chi connectivity index (χ3n) is 7.50. The summed E-state index contributed by atoms with van der Waals surface area (Å²) >= 11 is 0. The molecule has 3 aromatic rings. The Labute approximate surface area is 248 Å². The molecule has 12 nitrogen and oxygen atoms in total. The zero-order valence-electron chi connectivity index (χ0n) is 23.8. The van der Waals surface area contributed by atoms with Gasteiger partial charge in [0.15, 0.2) is 12.0 Å². The highest BCUT2D eigenvalue weighted by Crippen LogP contribution is 2.29. The highest BCUT2D eigenvalue weighted by atomic mass is 19.1. The van der Waals surface area contributed by atoms with Crippen molar-refractivity contribution in [3.05, 3.63) is 54.4 Å². The third kappa shape index (κ3) is 7.16. The maximum atomic E-state index is 14.8. The summed E-state index contributed by atoms with van der Waals surface area (Å²) in [6, 6.07) is 14.9. The van der Waals surface area contributed by atoms with Crippen molar-refractivity contribution in [2.45, 2.75) is 44.2 Å². The zero-order valence-corrected chi connectivity index (χ0v) is 23.8. The normalized spacial score (nSPS) is 21.1. The number of piperidine rings is 1. The SMILES string of the molecule is C[C@H](O)C(=O)N1CC[C@H](Oc2ccc(-c3ncnc(Nc4ccc(N5CCOC[C@@H]5CCO)cc4)n3)cc2C#N)[C@H](F)C1. The highest BCUT2D eigenvalue weighted by molar-refractivity contribution is 5.80. The van der Waals surface area contributed by atoms with Crippen LogP contribution in [0.2, 0.25) is 0 Å². The van der Waals surface area contributed by atoms with Crippen LogP contribution in [0.25, 0.3) is 11.4 Å². The maximum absolute atomic E-state index is 14.8. The second-order valence-electron chi connectivity index (χ2n) is 10.5. The Hall–Kier alpha value is -4.38. The van der Waals surface area contributed by atoms with E-state index in [2.05, 4.69) is 31.2 Å². The Morgan fingerprint density at radius 1 is 1.26 bits per heavy atom. The zero-order chi connectivity index (χ0) is 30.3. The smallest absolute Gasteiger partial charge is 0.251 e. The van der Waals surface area contributed by atoms with E-state index in [1.54, 1.807) is 18.2 Å². The molecule has 0 aliphatic carbocycles. The average molecular weight is 592 g/mol. The molecule has 2 aliphatic heterocycles. The summed E-state index contributed by atoms with van der Waals surface area (Å²) in [7, 11) is 0. The van der Waals surface area contributed by atoms with E-state index in [9.17, 15) is 24.7 Å². The maximum Gasteiger partial charge on any atom is 0.251 e. The van der Waals surface area contributed by atoms with Gasteiger partial charge in [0.2, 0.25) is 5.95 Å². The number of halogens is 1. The first-order valence-electron chi connectivity index (χ1n) is 14.2. The number of alkyl halides is 1. The number of anilines is 3. The molecule has 0 unspecified atom stereocenters. The number of nitriles is 1. The van der Waals surface area contributed by atoms with Crippen molar-refractivity contribution < 1.29 is 28.9 Å². The third-order valence-corrected chi connectivity index (χ3v) is 7.50. The summed E-state index contributed by atoms with van der Waals surface area (Å²) in [6.07, 6.45) is -1.26. The molecule has 2 saturated heterocycles. The minimum absolute atomic E-state index is 0.101. The van der Waals surface area contributed by atoms with Crippen LogP contribution < -0.4 is 15.0 Å². The van der Waals surface area contributed by atoms with Crippen LogP contribution in [0, 0.1) is 11.3 Å². The lowest BCUT2D eigenvalue weighted by molar-refractivity contribution is -0.143. The van der Waals surface area contributed by atoms with E-state index in [1.807, 2.05) is 24.3 Å². The van der Waals surface area contributed by atoms with Crippen molar-refractivity contribution in [3.63, 3.8) is 0 Å². The Kier molecular flexibility index (Phi) is 9.61. The molecule has 2 aliphatic rings. The number of aromatic nitrogens is 3. The molecule has 43 heavy (non-hydrogen) atoms. The fourth-order valence-electron chi connectivity index (χ4n) is 5.25. The van der Waals surface area contributed by atoms with E-state index in [1.165, 1.54) is 18.2 Å². The van der Waals surface area contributed by atoms with E-state index in [4.69, 9.17) is 9.47 Å². The summed E-state index contributed by atoms with van der Waals surface area (Å²) in [5, 5.41) is 31.9. The molecule has 0 bridgehead atoms. The predicted molar refractivity (Wildman–Crippen MR) is 156 cm³/mol. The van der Waals surface area contributed by atoms with E-state index in [0.717, 1.165) is 17.9 Å². The summed E-state index contributed by atoms with van der Waals surface area (Å²) in [5.41, 5.74) is 2.56. The molecule has 2 aromatic carbocycles. The molecular formula is C30H34FN7O5. The number of carbonyl (C=O) groups excluding carboxylic acids is 1. The van der Waals surface area contributed by atoms with Crippen LogP contribution in [0.5, 0.6) is 5.75 Å². The lowest BCUT2D eigenvalue weighted by Gasteiger charge is -2.37. The van der Waals surface area contributed by atoms with Gasteiger partial charge in [-0.15, -0.1) is 0 Å². The van der Waals surface area contributed by atoms with Crippen LogP contribution in [0.1, 0.15) is 25.3 Å². The van der Waals surface area contributed by atoms with E-state index < -0.39 is 24.3 Å². The van der Waals surface area contributed by atoms with Crippen molar-refractivity contribution in [1.82, 2.24) is 19.9 Å². The number of nitrogens with zero attached hydrogens (tertiary/aromatic N) is 6. The Morgan fingerprint density at radius 3 is 2.79 bits per heavy atom. The number of ether oxygens (including phenoxy) is 2. The molecule has 13 heteroatoms. The van der Waals surface area contributed by atoms with Crippen molar-refractivity contribution in [3.8, 4) is 23.2 Å². The molecule has 1 amide bonds. The Morgan fingerprint density at radius 2 is 2.07 bits per heavy atom. The van der Waals surface area contributed by atoms with Gasteiger partial charge in [-0.2, -0.15) is 10.2 Å². The highest BCUT2D eigenvalue weighted by Gasteiger charge is 2.34. The minimum Gasteiger partial charge on any atom is -0.486 e. The van der Waals surface area contributed by atoms with Crippen LogP contribution in [-0.4, -0.2) is 99.8 Å². The molecule has 4 atom stereocenters. The number of rotatable bonds is 9. The number of aliphatic hydroxyl groups excluding tert-OH is 2. The lowest BCUT2D eigenvalue weighted by Crippen LogP contribution is -2.51. The summed E-state index contributed by atoms with van der Waals surface area (Å²) in [5.74, 6) is 0.362. The molecule has 5 rings (SSSR count). The second-order valence-corrected chi connectivity index (χ2v) is 10.5. The van der Waals surface area contributed by atoms with Gasteiger partial charge < -0.3 is 34.8 Å². The number of carbonyl (C=O) groups is 1. The van der Waals surface area contributed by atoms with Gasteiger partial charge in [0, 0.05) is 43.1 Å². The van der Waals surface area contributed by atoms with E-state index in [0.29, 0.717) is 37.0 Å². The molecule has 0 radical (unpaired) electrons. The molecule has 2 fully saturated rings. The Bertz CT molecular complexity index is 1450. The Balaban J connectivity index is 1.25. The first kappa shape index (κ1) is 30.1. The van der Waals surface area contributed by atoms with Crippen molar-refractivity contribution in [1.29, 1.82) is 5.26 Å². The number of morpholine rings is 1. The monoisotopic (exact) mass is 591 g/mol. The standard InChI is InChI=1S/C30H34FN7O5/c1-19(40)29(41)37-10-8-27(25(31)16-37)43-26-7-2-20(14-21(26)15-32)28-33-18-34-30(36-28)35-22-3-5-23(6-4-22)38-11-13-42-17-24(38)9-12-39/h2-7,14,18-19,24-25,27,39-40H,8-13,16-17H2,1H3,(H,33,34,35,36)/t19-,24-,25+,27-/m0/s1. The number of nitrogens with one attached hydrogen (secondary N) is 1. The number of aliphatic hydroxyl groups is 2. The first-order valence-corrected chi connectivity index (χ1v) is 14.2. The number of hydrogen-bond acceptors (Lipinski definition) is 11. The van der Waals surface area contributed by atoms with Crippen LogP contribution in [0.4, 0.5) is 21.7 Å². The quantitative estimate of drug-likeness (QED) is 0.336. The molecule has 1 aromatic heterocycles. The number of likely N-dealkylation sites (tertiary alicyclic amines) is 1. The van der Waals surface area contributed by atoms with Crippen LogP contribution in [-0.2, 0) is 9.53 Å². The van der Waals surface area contributed by atoms with E-state index >= 15 is 0 Å². The lowest BCUT2D eigenvalue weighted by atomic mass is 10.0. The van der Waals surface area contributed by atoms with Crippen LogP contribution in [0.15, 0.2) is 48.8 Å². The van der Waals surface area contributed by atoms with Gasteiger partial charge >= 0.3 is 0 Å². The molecule has 3 heterocycles. The van der Waals surface area contributed by atoms with Crippen molar-refractivity contribution >= 4 is 23.2 Å². The van der Waals surface area contributed by atoms with Gasteiger partial charge in [-0.1, -0.05) is 0 Å². The van der Waals surface area contributed by atoms with Crippen LogP contribution >= 0.6 is 0 Å². The van der Waals surface area contributed by atoms with Gasteiger partial charge in [0.05, 0.1) is 31.4 Å². The summed E-state index contributed by atoms with van der Waals surface area (Å²) in [6.45, 7) is 3.48. The average Bonchev–Trinajstić information content (AvgIpc) is 3.02. The number of benzene rings is 2. The minimum atomic E-state index is -1.47. The summed E-state index contributed by atoms with van der Waals surface area (Å²) < 4.78 is 26.3. The van der Waals surface area contributed by atoms with Crippen molar-refractivity contribution in [2.75, 3.05) is 49.7 Å². The largest absolute Gasteiger partial charge is 0.486 e. The fourth-order valence-corrected chi connectivity index (χ4v) is 5.25. The molecule has 3 N–H and O–H groups in total. The fraction of sp³-hybridized carbons (Fsp3) is 0.433. The van der Waals surface area contributed by atoms with Crippen molar-refractivity contribution in [2.24, 2.45) is 0 Å². The molecular weight excluding hydrogens is 557 g/mol. The number of amides is 1. The topological polar surface area (TPSA) is 157 Å². The molecule has 0 spiro atoms. The van der Waals surface area contributed by atoms with E-state index in [-0.39, 0.29) is 43.5 Å². The first-order chi connectivity index (χ1) is 20.9. The van der Waals surface area contributed by atoms with Gasteiger partial charge in [-0.05, 0) is 55.8 Å². The number of hydrogen-bond donors (Lipinski definition) is 3.